The first-order valence-electron chi connectivity index (χ1n) is 6.11. The second-order valence-corrected chi connectivity index (χ2v) is 7.09. The molecule has 0 radical (unpaired) electrons. The van der Waals surface area contributed by atoms with Crippen LogP contribution in [0.3, 0.4) is 0 Å². The van der Waals surface area contributed by atoms with Crippen LogP contribution in [0.5, 0.6) is 0 Å². The van der Waals surface area contributed by atoms with Crippen LogP contribution in [0.2, 0.25) is 0 Å². The van der Waals surface area contributed by atoms with Gasteiger partial charge in [0, 0.05) is 17.4 Å². The number of nitrogens with one attached hydrogen (secondary N) is 1. The molecule has 0 aromatic carbocycles. The highest BCUT2D eigenvalue weighted by Crippen LogP contribution is 2.39. The number of hydrogen-bond acceptors (Lipinski definition) is 6. The van der Waals surface area contributed by atoms with Gasteiger partial charge in [-0.3, -0.25) is 4.79 Å². The Morgan fingerprint density at radius 3 is 2.89 bits per heavy atom. The van der Waals surface area contributed by atoms with Gasteiger partial charge in [-0.1, -0.05) is 28.0 Å². The first kappa shape index (κ1) is 15.7. The largest absolute Gasteiger partial charge is 0.372 e. The zero-order valence-electron chi connectivity index (χ0n) is 10.5. The molecule has 1 heterocycles. The van der Waals surface area contributed by atoms with Crippen molar-refractivity contribution in [2.45, 2.75) is 50.3 Å². The summed E-state index contributed by atoms with van der Waals surface area (Å²) in [4.78, 5) is 26.5. The molecule has 7 heteroatoms. The number of amides is 1. The van der Waals surface area contributed by atoms with Gasteiger partial charge in [-0.25, -0.2) is 4.79 Å². The molecule has 1 aliphatic heterocycles. The Hall–Kier alpha value is -0.400. The Morgan fingerprint density at radius 1 is 1.50 bits per heavy atom. The number of nitrogens with two attached hydrogens (primary N) is 1. The SMILES string of the molecule is CC(NC(=O)CCCCC1CCSS1)C(=O)ON. The van der Waals surface area contributed by atoms with E-state index in [1.165, 1.54) is 18.6 Å². The van der Waals surface area contributed by atoms with Gasteiger partial charge in [0.15, 0.2) is 0 Å². The second kappa shape index (κ2) is 8.66. The van der Waals surface area contributed by atoms with E-state index in [1.54, 1.807) is 6.92 Å². The summed E-state index contributed by atoms with van der Waals surface area (Å²) in [6.07, 6.45) is 4.82. The van der Waals surface area contributed by atoms with Crippen molar-refractivity contribution in [3.8, 4) is 0 Å². The van der Waals surface area contributed by atoms with E-state index in [2.05, 4.69) is 10.2 Å². The normalized spacial score (nSPS) is 20.4. The van der Waals surface area contributed by atoms with Gasteiger partial charge in [0.2, 0.25) is 5.91 Å². The van der Waals surface area contributed by atoms with Crippen molar-refractivity contribution in [3.63, 3.8) is 0 Å². The molecule has 1 amide bonds. The lowest BCUT2D eigenvalue weighted by Crippen LogP contribution is -2.40. The van der Waals surface area contributed by atoms with Crippen LogP contribution < -0.4 is 11.2 Å². The summed E-state index contributed by atoms with van der Waals surface area (Å²) in [6, 6.07) is -0.677. The van der Waals surface area contributed by atoms with E-state index in [0.717, 1.165) is 18.1 Å². The van der Waals surface area contributed by atoms with Gasteiger partial charge in [0.25, 0.3) is 0 Å². The molecule has 2 unspecified atom stereocenters. The highest BCUT2D eigenvalue weighted by Gasteiger charge is 2.17. The molecule has 1 saturated heterocycles. The molecule has 2 atom stereocenters. The number of unbranched alkanes of at least 4 members (excludes halogenated alkanes) is 1. The van der Waals surface area contributed by atoms with Crippen LogP contribution in [0.1, 0.15) is 39.0 Å². The molecule has 1 fully saturated rings. The fourth-order valence-electron chi connectivity index (χ4n) is 1.70. The van der Waals surface area contributed by atoms with E-state index < -0.39 is 12.0 Å². The van der Waals surface area contributed by atoms with E-state index in [9.17, 15) is 9.59 Å². The van der Waals surface area contributed by atoms with E-state index in [4.69, 9.17) is 5.90 Å². The van der Waals surface area contributed by atoms with Crippen LogP contribution >= 0.6 is 21.6 Å². The second-order valence-electron chi connectivity index (χ2n) is 4.30. The van der Waals surface area contributed by atoms with Crippen molar-refractivity contribution in [1.82, 2.24) is 5.32 Å². The minimum atomic E-state index is -0.677. The summed E-state index contributed by atoms with van der Waals surface area (Å²) in [5.74, 6) is 5.23. The molecule has 0 spiro atoms. The summed E-state index contributed by atoms with van der Waals surface area (Å²) in [5, 5.41) is 3.31. The van der Waals surface area contributed by atoms with Gasteiger partial charge in [-0.15, -0.1) is 0 Å². The number of hydrogen-bond donors (Lipinski definition) is 2. The van der Waals surface area contributed by atoms with Crippen LogP contribution in [0, 0.1) is 0 Å². The average Bonchev–Trinajstić information content (AvgIpc) is 2.86. The topological polar surface area (TPSA) is 81.4 Å². The molecular weight excluding hydrogens is 272 g/mol. The van der Waals surface area contributed by atoms with Crippen molar-refractivity contribution < 1.29 is 14.4 Å². The van der Waals surface area contributed by atoms with Gasteiger partial charge in [0.1, 0.15) is 6.04 Å². The maximum Gasteiger partial charge on any atom is 0.346 e. The lowest BCUT2D eigenvalue weighted by molar-refractivity contribution is -0.147. The van der Waals surface area contributed by atoms with Gasteiger partial charge in [-0.2, -0.15) is 5.90 Å². The summed E-state index contributed by atoms with van der Waals surface area (Å²) in [7, 11) is 3.89. The lowest BCUT2D eigenvalue weighted by atomic mass is 10.1. The zero-order valence-corrected chi connectivity index (χ0v) is 12.1. The van der Waals surface area contributed by atoms with Gasteiger partial charge >= 0.3 is 5.97 Å². The maximum absolute atomic E-state index is 11.5. The predicted octanol–water partition coefficient (Wildman–Crippen LogP) is 1.62. The molecular formula is C11H20N2O3S2. The van der Waals surface area contributed by atoms with Crippen LogP contribution in [0.15, 0.2) is 0 Å². The quantitative estimate of drug-likeness (QED) is 0.421. The Balaban J connectivity index is 2.04. The first-order valence-corrected chi connectivity index (χ1v) is 8.50. The van der Waals surface area contributed by atoms with Gasteiger partial charge in [-0.05, 0) is 26.2 Å². The van der Waals surface area contributed by atoms with Crippen LogP contribution in [-0.2, 0) is 14.4 Å². The van der Waals surface area contributed by atoms with Gasteiger partial charge in [0.05, 0.1) is 0 Å². The molecule has 0 aromatic heterocycles. The molecule has 0 saturated carbocycles. The summed E-state index contributed by atoms with van der Waals surface area (Å²) in [6.45, 7) is 1.56. The monoisotopic (exact) mass is 292 g/mol. The minimum Gasteiger partial charge on any atom is -0.372 e. The molecule has 104 valence electrons. The van der Waals surface area contributed by atoms with Crippen molar-refractivity contribution in [2.24, 2.45) is 5.90 Å². The third-order valence-electron chi connectivity index (χ3n) is 2.75. The molecule has 0 bridgehead atoms. The van der Waals surface area contributed by atoms with E-state index in [0.29, 0.717) is 6.42 Å². The Labute approximate surface area is 115 Å². The van der Waals surface area contributed by atoms with Crippen molar-refractivity contribution in [3.05, 3.63) is 0 Å². The number of carbonyl (C=O) groups is 2. The molecule has 0 aromatic rings. The Morgan fingerprint density at radius 2 is 2.28 bits per heavy atom. The Bertz CT molecular complexity index is 283. The summed E-state index contributed by atoms with van der Waals surface area (Å²) >= 11 is 0. The van der Waals surface area contributed by atoms with Crippen LogP contribution in [0.25, 0.3) is 0 Å². The number of rotatable bonds is 7. The molecule has 18 heavy (non-hydrogen) atoms. The van der Waals surface area contributed by atoms with Crippen molar-refractivity contribution >= 4 is 33.5 Å². The van der Waals surface area contributed by atoms with Crippen LogP contribution in [-0.4, -0.2) is 28.9 Å². The van der Waals surface area contributed by atoms with Gasteiger partial charge < -0.3 is 10.2 Å². The van der Waals surface area contributed by atoms with E-state index in [-0.39, 0.29) is 5.91 Å². The fraction of sp³-hybridized carbons (Fsp3) is 0.818. The van der Waals surface area contributed by atoms with Crippen LogP contribution in [0.4, 0.5) is 0 Å². The summed E-state index contributed by atoms with van der Waals surface area (Å²) < 4.78 is 0. The fourth-order valence-corrected chi connectivity index (χ4v) is 4.72. The Kier molecular flexibility index (Phi) is 7.53. The molecule has 0 aliphatic carbocycles. The van der Waals surface area contributed by atoms with E-state index in [1.807, 2.05) is 21.6 Å². The number of carbonyl (C=O) groups excluding carboxylic acids is 2. The molecule has 3 N–H and O–H groups in total. The maximum atomic E-state index is 11.5. The molecule has 1 aliphatic rings. The lowest BCUT2D eigenvalue weighted by Gasteiger charge is -2.11. The third kappa shape index (κ3) is 5.97. The third-order valence-corrected chi connectivity index (χ3v) is 5.76. The highest BCUT2D eigenvalue weighted by molar-refractivity contribution is 8.77. The standard InChI is InChI=1S/C11H20N2O3S2/c1-8(11(15)16-12)13-10(14)5-3-2-4-9-6-7-17-18-9/h8-9H,2-7,12H2,1H3,(H,13,14). The van der Waals surface area contributed by atoms with Crippen molar-refractivity contribution in [1.29, 1.82) is 0 Å². The smallest absolute Gasteiger partial charge is 0.346 e. The summed E-state index contributed by atoms with van der Waals surface area (Å²) in [5.41, 5.74) is 0. The average molecular weight is 292 g/mol. The molecule has 5 nitrogen and oxygen atoms in total. The highest BCUT2D eigenvalue weighted by atomic mass is 33.1. The van der Waals surface area contributed by atoms with E-state index >= 15 is 0 Å². The zero-order chi connectivity index (χ0) is 13.4. The predicted molar refractivity (Wildman–Crippen MR) is 74.8 cm³/mol. The first-order chi connectivity index (χ1) is 8.63. The van der Waals surface area contributed by atoms with Crippen molar-refractivity contribution in [2.75, 3.05) is 5.75 Å². The minimum absolute atomic E-state index is 0.124. The molecule has 1 rings (SSSR count).